The van der Waals surface area contributed by atoms with Gasteiger partial charge in [-0.05, 0) is 0 Å². The largest absolute Gasteiger partial charge is 0.378 e. The van der Waals surface area contributed by atoms with Crippen LogP contribution in [0, 0.1) is 0 Å². The monoisotopic (exact) mass is 239 g/mol. The first-order valence-electron chi connectivity index (χ1n) is 5.32. The Morgan fingerprint density at radius 2 is 2.06 bits per heavy atom. The molecule has 2 rings (SSSR count). The molecule has 0 spiro atoms. The van der Waals surface area contributed by atoms with Gasteiger partial charge < -0.3 is 9.64 Å². The second-order valence-electron chi connectivity index (χ2n) is 3.73. The van der Waals surface area contributed by atoms with Gasteiger partial charge in [0.15, 0.2) is 0 Å². The van der Waals surface area contributed by atoms with Crippen LogP contribution in [0.3, 0.4) is 0 Å². The van der Waals surface area contributed by atoms with Gasteiger partial charge >= 0.3 is 5.69 Å². The fraction of sp³-hybridized carbons (Fsp3) is 0.500. The van der Waals surface area contributed by atoms with Gasteiger partial charge in [0.1, 0.15) is 6.54 Å². The molecule has 17 heavy (non-hydrogen) atoms. The molecule has 1 aromatic heterocycles. The lowest BCUT2D eigenvalue weighted by molar-refractivity contribution is -0.135. The number of amides is 1. The number of carbonyl (C=O) groups excluding carboxylic acids is 1. The van der Waals surface area contributed by atoms with E-state index in [1.165, 1.54) is 16.8 Å². The van der Waals surface area contributed by atoms with E-state index in [2.05, 4.69) is 4.98 Å². The third kappa shape index (κ3) is 2.82. The SMILES string of the molecule is O=C(Cn1ccc(=O)[nH]c1=O)N1CCOCC1. The summed E-state index contributed by atoms with van der Waals surface area (Å²) in [5, 5.41) is 0. The first-order valence-corrected chi connectivity index (χ1v) is 5.32. The number of aromatic amines is 1. The summed E-state index contributed by atoms with van der Waals surface area (Å²) in [6.07, 6.45) is 1.32. The molecule has 0 aromatic carbocycles. The fourth-order valence-corrected chi connectivity index (χ4v) is 1.63. The lowest BCUT2D eigenvalue weighted by Gasteiger charge is -2.26. The quantitative estimate of drug-likeness (QED) is 0.673. The molecule has 0 radical (unpaired) electrons. The maximum atomic E-state index is 11.8. The predicted octanol–water partition coefficient (Wildman–Crippen LogP) is -1.60. The van der Waals surface area contributed by atoms with Crippen LogP contribution in [0.2, 0.25) is 0 Å². The van der Waals surface area contributed by atoms with Crippen molar-refractivity contribution in [1.82, 2.24) is 14.5 Å². The summed E-state index contributed by atoms with van der Waals surface area (Å²) in [6, 6.07) is 1.22. The fourth-order valence-electron chi connectivity index (χ4n) is 1.63. The maximum absolute atomic E-state index is 11.8. The summed E-state index contributed by atoms with van der Waals surface area (Å²) in [7, 11) is 0. The molecule has 92 valence electrons. The van der Waals surface area contributed by atoms with Gasteiger partial charge in [-0.3, -0.25) is 19.1 Å². The van der Waals surface area contributed by atoms with Crippen molar-refractivity contribution in [3.8, 4) is 0 Å². The number of hydrogen-bond donors (Lipinski definition) is 1. The van der Waals surface area contributed by atoms with Crippen molar-refractivity contribution in [2.75, 3.05) is 26.3 Å². The van der Waals surface area contributed by atoms with Gasteiger partial charge in [-0.1, -0.05) is 0 Å². The molecule has 7 nitrogen and oxygen atoms in total. The van der Waals surface area contributed by atoms with Crippen molar-refractivity contribution in [2.24, 2.45) is 0 Å². The Hall–Kier alpha value is -1.89. The highest BCUT2D eigenvalue weighted by Crippen LogP contribution is 1.98. The van der Waals surface area contributed by atoms with Crippen LogP contribution in [0.25, 0.3) is 0 Å². The van der Waals surface area contributed by atoms with Crippen molar-refractivity contribution in [1.29, 1.82) is 0 Å². The minimum atomic E-state index is -0.570. The standard InChI is InChI=1S/C10H13N3O4/c14-8-1-2-13(10(16)11-8)7-9(15)12-3-5-17-6-4-12/h1-2H,3-7H2,(H,11,14,16). The molecule has 0 bridgehead atoms. The molecule has 0 saturated carbocycles. The molecule has 0 unspecified atom stereocenters. The van der Waals surface area contributed by atoms with Crippen LogP contribution >= 0.6 is 0 Å². The Bertz CT molecular complexity index is 513. The van der Waals surface area contributed by atoms with E-state index < -0.39 is 11.2 Å². The minimum Gasteiger partial charge on any atom is -0.378 e. The lowest BCUT2D eigenvalue weighted by atomic mass is 10.4. The van der Waals surface area contributed by atoms with Crippen LogP contribution in [-0.2, 0) is 16.1 Å². The van der Waals surface area contributed by atoms with E-state index in [0.29, 0.717) is 26.3 Å². The van der Waals surface area contributed by atoms with E-state index in [-0.39, 0.29) is 12.5 Å². The Morgan fingerprint density at radius 3 is 2.71 bits per heavy atom. The Balaban J connectivity index is 2.07. The molecule has 2 heterocycles. The zero-order valence-corrected chi connectivity index (χ0v) is 9.22. The molecule has 1 aromatic rings. The number of carbonyl (C=O) groups is 1. The number of morpholine rings is 1. The predicted molar refractivity (Wildman–Crippen MR) is 58.7 cm³/mol. The summed E-state index contributed by atoms with van der Waals surface area (Å²) in [6.45, 7) is 2.06. The van der Waals surface area contributed by atoms with Crippen LogP contribution in [0.4, 0.5) is 0 Å². The summed E-state index contributed by atoms with van der Waals surface area (Å²) in [5.41, 5.74) is -1.04. The van der Waals surface area contributed by atoms with E-state index in [4.69, 9.17) is 4.74 Å². The molecule has 1 amide bonds. The normalized spacial score (nSPS) is 15.9. The average Bonchev–Trinajstić information content (AvgIpc) is 2.34. The summed E-state index contributed by atoms with van der Waals surface area (Å²) >= 11 is 0. The number of nitrogens with zero attached hydrogens (tertiary/aromatic N) is 2. The highest BCUT2D eigenvalue weighted by atomic mass is 16.5. The third-order valence-corrected chi connectivity index (χ3v) is 2.57. The zero-order valence-electron chi connectivity index (χ0n) is 9.22. The van der Waals surface area contributed by atoms with E-state index >= 15 is 0 Å². The van der Waals surface area contributed by atoms with Gasteiger partial charge in [0.25, 0.3) is 5.56 Å². The van der Waals surface area contributed by atoms with Crippen molar-refractivity contribution in [3.05, 3.63) is 33.1 Å². The Labute approximate surface area is 96.6 Å². The highest BCUT2D eigenvalue weighted by molar-refractivity contribution is 5.76. The van der Waals surface area contributed by atoms with E-state index in [9.17, 15) is 14.4 Å². The first-order chi connectivity index (χ1) is 8.16. The molecular weight excluding hydrogens is 226 g/mol. The van der Waals surface area contributed by atoms with Crippen molar-refractivity contribution >= 4 is 5.91 Å². The highest BCUT2D eigenvalue weighted by Gasteiger charge is 2.17. The second kappa shape index (κ2) is 4.96. The topological polar surface area (TPSA) is 84.4 Å². The third-order valence-electron chi connectivity index (χ3n) is 2.57. The van der Waals surface area contributed by atoms with Gasteiger partial charge in [-0.15, -0.1) is 0 Å². The van der Waals surface area contributed by atoms with Crippen molar-refractivity contribution < 1.29 is 9.53 Å². The van der Waals surface area contributed by atoms with E-state index in [0.717, 1.165) is 0 Å². The molecular formula is C10H13N3O4. The van der Waals surface area contributed by atoms with Gasteiger partial charge in [0.05, 0.1) is 13.2 Å². The van der Waals surface area contributed by atoms with Crippen LogP contribution in [-0.4, -0.2) is 46.7 Å². The molecule has 1 aliphatic heterocycles. The van der Waals surface area contributed by atoms with Crippen molar-refractivity contribution in [3.63, 3.8) is 0 Å². The summed E-state index contributed by atoms with van der Waals surface area (Å²) < 4.78 is 6.31. The van der Waals surface area contributed by atoms with Gasteiger partial charge in [-0.2, -0.15) is 0 Å². The molecule has 0 atom stereocenters. The van der Waals surface area contributed by atoms with Crippen LogP contribution in [0.15, 0.2) is 21.9 Å². The van der Waals surface area contributed by atoms with Crippen molar-refractivity contribution in [2.45, 2.75) is 6.54 Å². The number of ether oxygens (including phenoxy) is 1. The minimum absolute atomic E-state index is 0.0599. The maximum Gasteiger partial charge on any atom is 0.328 e. The molecule has 1 fully saturated rings. The molecule has 7 heteroatoms. The summed E-state index contributed by atoms with van der Waals surface area (Å²) in [5.74, 6) is -0.151. The molecule has 1 N–H and O–H groups in total. The smallest absolute Gasteiger partial charge is 0.328 e. The number of aromatic nitrogens is 2. The number of rotatable bonds is 2. The number of hydrogen-bond acceptors (Lipinski definition) is 4. The van der Waals surface area contributed by atoms with Crippen LogP contribution in [0.1, 0.15) is 0 Å². The van der Waals surface area contributed by atoms with E-state index in [1.54, 1.807) is 4.90 Å². The van der Waals surface area contributed by atoms with Crippen LogP contribution in [0.5, 0.6) is 0 Å². The number of nitrogens with one attached hydrogen (secondary N) is 1. The van der Waals surface area contributed by atoms with Crippen LogP contribution < -0.4 is 11.2 Å². The molecule has 1 saturated heterocycles. The Morgan fingerprint density at radius 1 is 1.35 bits per heavy atom. The Kier molecular flexibility index (Phi) is 3.38. The lowest BCUT2D eigenvalue weighted by Crippen LogP contribution is -2.44. The van der Waals surface area contributed by atoms with E-state index in [1.807, 2.05) is 0 Å². The average molecular weight is 239 g/mol. The second-order valence-corrected chi connectivity index (χ2v) is 3.73. The first kappa shape index (κ1) is 11.6. The number of H-pyrrole nitrogens is 1. The molecule has 0 aliphatic carbocycles. The summed E-state index contributed by atoms with van der Waals surface area (Å²) in [4.78, 5) is 37.8. The van der Waals surface area contributed by atoms with Gasteiger partial charge in [-0.25, -0.2) is 4.79 Å². The molecule has 1 aliphatic rings. The van der Waals surface area contributed by atoms with Gasteiger partial charge in [0, 0.05) is 25.4 Å². The van der Waals surface area contributed by atoms with Gasteiger partial charge in [0.2, 0.25) is 5.91 Å². The zero-order chi connectivity index (χ0) is 12.3.